The zero-order valence-electron chi connectivity index (χ0n) is 25.8. The number of benzene rings is 8. The van der Waals surface area contributed by atoms with Crippen LogP contribution in [-0.2, 0) is 0 Å². The lowest BCUT2D eigenvalue weighted by Gasteiger charge is -2.13. The maximum Gasteiger partial charge on any atom is 0.164 e. The maximum absolute atomic E-state index is 5.16. The summed E-state index contributed by atoms with van der Waals surface area (Å²) in [6.45, 7) is 0. The Bertz CT molecular complexity index is 2820. The molecule has 4 nitrogen and oxygen atoms in total. The van der Waals surface area contributed by atoms with E-state index in [1.165, 1.54) is 37.7 Å². The van der Waals surface area contributed by atoms with E-state index in [4.69, 9.17) is 19.9 Å². The molecule has 0 unspecified atom stereocenters. The first kappa shape index (κ1) is 26.7. The van der Waals surface area contributed by atoms with Crippen LogP contribution in [0.5, 0.6) is 0 Å². The van der Waals surface area contributed by atoms with Gasteiger partial charge in [-0.25, -0.2) is 15.0 Å². The predicted octanol–water partition coefficient (Wildman–Crippen LogP) is 11.2. The van der Waals surface area contributed by atoms with Crippen LogP contribution in [0.2, 0.25) is 0 Å². The second-order valence-corrected chi connectivity index (χ2v) is 12.3. The molecule has 2 heterocycles. The lowest BCUT2D eigenvalue weighted by molar-refractivity contribution is 1.08. The molecule has 48 heavy (non-hydrogen) atoms. The molecule has 0 saturated carbocycles. The van der Waals surface area contributed by atoms with E-state index in [0.29, 0.717) is 17.5 Å². The Morgan fingerprint density at radius 1 is 0.312 bits per heavy atom. The second-order valence-electron chi connectivity index (χ2n) is 12.3. The Balaban J connectivity index is 1.23. The van der Waals surface area contributed by atoms with Gasteiger partial charge in [-0.2, -0.15) is 0 Å². The first-order valence-electron chi connectivity index (χ1n) is 16.1. The van der Waals surface area contributed by atoms with E-state index in [1.807, 2.05) is 24.4 Å². The molecule has 0 N–H and O–H groups in total. The molecule has 0 aliphatic heterocycles. The molecule has 0 aliphatic carbocycles. The van der Waals surface area contributed by atoms with Crippen LogP contribution in [0.25, 0.3) is 98.9 Å². The minimum Gasteiger partial charge on any atom is -0.256 e. The lowest BCUT2D eigenvalue weighted by atomic mass is 9.93. The topological polar surface area (TPSA) is 51.6 Å². The molecule has 0 bridgehead atoms. The van der Waals surface area contributed by atoms with E-state index < -0.39 is 0 Å². The second kappa shape index (κ2) is 10.5. The number of rotatable bonds is 3. The van der Waals surface area contributed by atoms with E-state index in [-0.39, 0.29) is 0 Å². The fourth-order valence-electron chi connectivity index (χ4n) is 7.21. The molecule has 0 spiro atoms. The molecular weight excluding hydrogens is 585 g/mol. The van der Waals surface area contributed by atoms with Crippen molar-refractivity contribution in [2.45, 2.75) is 0 Å². The van der Waals surface area contributed by atoms with Crippen molar-refractivity contribution in [3.05, 3.63) is 158 Å². The van der Waals surface area contributed by atoms with Crippen molar-refractivity contribution >= 4 is 64.8 Å². The van der Waals surface area contributed by atoms with Crippen molar-refractivity contribution in [1.29, 1.82) is 0 Å². The normalized spacial score (nSPS) is 11.8. The number of nitrogens with zero attached hydrogens (tertiary/aromatic N) is 4. The van der Waals surface area contributed by atoms with Gasteiger partial charge in [0.15, 0.2) is 17.5 Å². The molecule has 8 aromatic carbocycles. The summed E-state index contributed by atoms with van der Waals surface area (Å²) in [5.41, 5.74) is 3.79. The van der Waals surface area contributed by atoms with Crippen LogP contribution < -0.4 is 0 Å². The van der Waals surface area contributed by atoms with E-state index in [2.05, 4.69) is 133 Å². The van der Waals surface area contributed by atoms with E-state index in [9.17, 15) is 0 Å². The van der Waals surface area contributed by atoms with Gasteiger partial charge in [-0.15, -0.1) is 0 Å². The zero-order valence-corrected chi connectivity index (χ0v) is 25.8. The maximum atomic E-state index is 5.16. The van der Waals surface area contributed by atoms with Gasteiger partial charge >= 0.3 is 0 Å². The van der Waals surface area contributed by atoms with Gasteiger partial charge in [0.25, 0.3) is 0 Å². The quantitative estimate of drug-likeness (QED) is 0.187. The van der Waals surface area contributed by atoms with Crippen molar-refractivity contribution in [2.75, 3.05) is 0 Å². The summed E-state index contributed by atoms with van der Waals surface area (Å²) in [7, 11) is 0. The van der Waals surface area contributed by atoms with Crippen molar-refractivity contribution in [3.8, 4) is 34.2 Å². The average Bonchev–Trinajstić information content (AvgIpc) is 3.17. The summed E-state index contributed by atoms with van der Waals surface area (Å²) in [5.74, 6) is 1.92. The highest BCUT2D eigenvalue weighted by molar-refractivity contribution is 6.25. The first-order valence-corrected chi connectivity index (χ1v) is 16.1. The molecule has 0 fully saturated rings. The summed E-state index contributed by atoms with van der Waals surface area (Å²) in [6.07, 6.45) is 1.95. The molecular formula is C44H26N4. The molecule has 2 aromatic heterocycles. The van der Waals surface area contributed by atoms with Crippen LogP contribution in [0.15, 0.2) is 158 Å². The number of fused-ring (bicyclic) bond motifs is 11. The molecule has 10 aromatic rings. The molecule has 0 radical (unpaired) electrons. The number of hydrogen-bond acceptors (Lipinski definition) is 4. The predicted molar refractivity (Wildman–Crippen MR) is 199 cm³/mol. The number of hydrogen-bond donors (Lipinski definition) is 0. The third-order valence-corrected chi connectivity index (χ3v) is 9.50. The van der Waals surface area contributed by atoms with Crippen LogP contribution in [0.4, 0.5) is 0 Å². The van der Waals surface area contributed by atoms with Gasteiger partial charge in [0.2, 0.25) is 0 Å². The lowest BCUT2D eigenvalue weighted by Crippen LogP contribution is -2.00. The highest BCUT2D eigenvalue weighted by Crippen LogP contribution is 2.38. The summed E-state index contributed by atoms with van der Waals surface area (Å²) in [4.78, 5) is 20.1. The summed E-state index contributed by atoms with van der Waals surface area (Å²) in [6, 6.07) is 53.2. The van der Waals surface area contributed by atoms with Crippen molar-refractivity contribution < 1.29 is 0 Å². The highest BCUT2D eigenvalue weighted by Gasteiger charge is 2.16. The van der Waals surface area contributed by atoms with Gasteiger partial charge in [-0.1, -0.05) is 133 Å². The van der Waals surface area contributed by atoms with Gasteiger partial charge in [-0.05, 0) is 66.7 Å². The van der Waals surface area contributed by atoms with Crippen LogP contribution in [0, 0.1) is 0 Å². The Hall–Kier alpha value is -6.52. The smallest absolute Gasteiger partial charge is 0.164 e. The highest BCUT2D eigenvalue weighted by atomic mass is 15.0. The van der Waals surface area contributed by atoms with Gasteiger partial charge < -0.3 is 0 Å². The van der Waals surface area contributed by atoms with Crippen molar-refractivity contribution in [1.82, 2.24) is 19.9 Å². The monoisotopic (exact) mass is 610 g/mol. The summed E-state index contributed by atoms with van der Waals surface area (Å²) >= 11 is 0. The molecule has 0 atom stereocenters. The Kier molecular flexibility index (Phi) is 5.84. The van der Waals surface area contributed by atoms with Crippen molar-refractivity contribution in [2.24, 2.45) is 0 Å². The van der Waals surface area contributed by atoms with Gasteiger partial charge in [0.1, 0.15) is 0 Å². The molecule has 4 heteroatoms. The first-order chi connectivity index (χ1) is 23.8. The fraction of sp³-hybridized carbons (Fsp3) is 0. The molecule has 222 valence electrons. The molecule has 0 amide bonds. The molecule has 10 rings (SSSR count). The van der Waals surface area contributed by atoms with Gasteiger partial charge in [0.05, 0.1) is 5.52 Å². The largest absolute Gasteiger partial charge is 0.256 e. The van der Waals surface area contributed by atoms with E-state index in [1.54, 1.807) is 0 Å². The fourth-order valence-corrected chi connectivity index (χ4v) is 7.21. The third-order valence-electron chi connectivity index (χ3n) is 9.50. The van der Waals surface area contributed by atoms with E-state index >= 15 is 0 Å². The van der Waals surface area contributed by atoms with E-state index in [0.717, 1.165) is 43.8 Å². The minimum absolute atomic E-state index is 0.634. The molecule has 0 saturated heterocycles. The number of pyridine rings is 1. The summed E-state index contributed by atoms with van der Waals surface area (Å²) < 4.78 is 0. The number of aromatic nitrogens is 4. The zero-order chi connectivity index (χ0) is 31.6. The van der Waals surface area contributed by atoms with Crippen LogP contribution in [-0.4, -0.2) is 19.9 Å². The average molecular weight is 611 g/mol. The Labute approximate surface area is 276 Å². The minimum atomic E-state index is 0.634. The summed E-state index contributed by atoms with van der Waals surface area (Å²) in [5, 5.41) is 13.1. The Morgan fingerprint density at radius 3 is 1.50 bits per heavy atom. The standard InChI is InChI=1S/C44H26N4/c1-2-10-28(11-3-1)42-46-43(29-19-18-27-21-23-40-41(38(27)24-29)32-13-5-4-12-31(32)26-45-40)48-44(47-42)30-20-22-37-35-16-7-6-14-33(35)34-15-8-9-17-36(34)39(37)25-30/h1-26H. The van der Waals surface area contributed by atoms with Gasteiger partial charge in [-0.3, -0.25) is 4.98 Å². The SMILES string of the molecule is c1ccc(-c2nc(-c3ccc4c5ccccc5c5ccccc5c4c3)nc(-c3ccc4ccc5ncc6ccccc6c5c4c3)n2)cc1. The third kappa shape index (κ3) is 4.16. The van der Waals surface area contributed by atoms with Crippen LogP contribution >= 0.6 is 0 Å². The van der Waals surface area contributed by atoms with Crippen LogP contribution in [0.3, 0.4) is 0 Å². The van der Waals surface area contributed by atoms with Crippen molar-refractivity contribution in [3.63, 3.8) is 0 Å². The Morgan fingerprint density at radius 2 is 0.812 bits per heavy atom. The molecule has 0 aliphatic rings. The van der Waals surface area contributed by atoms with Gasteiger partial charge in [0, 0.05) is 33.7 Å². The van der Waals surface area contributed by atoms with Crippen LogP contribution in [0.1, 0.15) is 0 Å².